The van der Waals surface area contributed by atoms with Crippen LogP contribution in [0.2, 0.25) is 0 Å². The molecule has 0 spiro atoms. The number of fused-ring (bicyclic) bond motifs is 1. The number of halogens is 2. The Bertz CT molecular complexity index is 1910. The second-order valence-corrected chi connectivity index (χ2v) is 12.1. The molecule has 1 saturated heterocycles. The lowest BCUT2D eigenvalue weighted by molar-refractivity contribution is 0.0710. The highest BCUT2D eigenvalue weighted by Gasteiger charge is 2.28. The largest absolute Gasteiger partial charge is 0.339 e. The molecule has 6 heteroatoms. The molecule has 0 bridgehead atoms. The predicted octanol–water partition coefficient (Wildman–Crippen LogP) is 9.09. The van der Waals surface area contributed by atoms with Gasteiger partial charge >= 0.3 is 0 Å². The van der Waals surface area contributed by atoms with Crippen molar-refractivity contribution < 1.29 is 13.6 Å². The van der Waals surface area contributed by atoms with Gasteiger partial charge in [0.05, 0.1) is 11.0 Å². The summed E-state index contributed by atoms with van der Waals surface area (Å²) in [5.74, 6) is 0.646. The quantitative estimate of drug-likeness (QED) is 0.166. The SMILES string of the molecule is C=C(C)C/C=C(/c1cccc(F)c1)c1ccc(C(=O)N2CCC(c3nc4ccccc4n3Cc3cccc(F)c3)CC2)cc1C. The van der Waals surface area contributed by atoms with Gasteiger partial charge in [0.2, 0.25) is 0 Å². The number of carbonyl (C=O) groups is 1. The summed E-state index contributed by atoms with van der Waals surface area (Å²) in [6.07, 6.45) is 4.34. The van der Waals surface area contributed by atoms with Crippen molar-refractivity contribution in [3.63, 3.8) is 0 Å². The molecular formula is C39H37F2N3O. The first kappa shape index (κ1) is 30.2. The summed E-state index contributed by atoms with van der Waals surface area (Å²) in [5.41, 5.74) is 8.15. The topological polar surface area (TPSA) is 38.1 Å². The number of benzene rings is 4. The van der Waals surface area contributed by atoms with Crippen molar-refractivity contribution in [2.75, 3.05) is 13.1 Å². The highest BCUT2D eigenvalue weighted by molar-refractivity contribution is 5.95. The first-order chi connectivity index (χ1) is 21.8. The third-order valence-corrected chi connectivity index (χ3v) is 8.61. The summed E-state index contributed by atoms with van der Waals surface area (Å²) >= 11 is 0. The summed E-state index contributed by atoms with van der Waals surface area (Å²) in [5, 5.41) is 0. The number of allylic oxidation sites excluding steroid dienone is 2. The number of aromatic nitrogens is 2. The van der Waals surface area contributed by atoms with Crippen LogP contribution in [0.1, 0.15) is 70.5 Å². The minimum atomic E-state index is -0.286. The number of nitrogens with zero attached hydrogens (tertiary/aromatic N) is 3. The Labute approximate surface area is 263 Å². The molecule has 1 aliphatic rings. The Kier molecular flexibility index (Phi) is 8.74. The second-order valence-electron chi connectivity index (χ2n) is 12.1. The van der Waals surface area contributed by atoms with E-state index in [2.05, 4.69) is 23.3 Å². The van der Waals surface area contributed by atoms with Gasteiger partial charge in [0, 0.05) is 31.1 Å². The van der Waals surface area contributed by atoms with Crippen molar-refractivity contribution in [2.45, 2.75) is 45.6 Å². The molecule has 1 amide bonds. The minimum Gasteiger partial charge on any atom is -0.339 e. The summed E-state index contributed by atoms with van der Waals surface area (Å²) in [6.45, 7) is 9.77. The fourth-order valence-corrected chi connectivity index (χ4v) is 6.33. The van der Waals surface area contributed by atoms with E-state index in [0.717, 1.165) is 63.1 Å². The van der Waals surface area contributed by atoms with Crippen LogP contribution in [0.15, 0.2) is 109 Å². The van der Waals surface area contributed by atoms with Gasteiger partial charge < -0.3 is 9.47 Å². The Balaban J connectivity index is 1.20. The van der Waals surface area contributed by atoms with E-state index in [-0.39, 0.29) is 23.5 Å². The van der Waals surface area contributed by atoms with Gasteiger partial charge in [-0.25, -0.2) is 13.8 Å². The first-order valence-electron chi connectivity index (χ1n) is 15.5. The number of piperidine rings is 1. The lowest BCUT2D eigenvalue weighted by Gasteiger charge is -2.32. The second kappa shape index (κ2) is 13.0. The van der Waals surface area contributed by atoms with Crippen LogP contribution >= 0.6 is 0 Å². The van der Waals surface area contributed by atoms with Crippen molar-refractivity contribution in [2.24, 2.45) is 0 Å². The monoisotopic (exact) mass is 601 g/mol. The van der Waals surface area contributed by atoms with Crippen LogP contribution in [0.3, 0.4) is 0 Å². The molecule has 45 heavy (non-hydrogen) atoms. The maximum atomic E-state index is 14.1. The number of imidazole rings is 1. The van der Waals surface area contributed by atoms with Crippen LogP contribution in [-0.4, -0.2) is 33.4 Å². The maximum absolute atomic E-state index is 14.1. The Hall–Kier alpha value is -4.84. The van der Waals surface area contributed by atoms with E-state index in [1.54, 1.807) is 24.3 Å². The van der Waals surface area contributed by atoms with E-state index < -0.39 is 0 Å². The van der Waals surface area contributed by atoms with Crippen LogP contribution in [0.4, 0.5) is 8.78 Å². The van der Waals surface area contributed by atoms with E-state index in [4.69, 9.17) is 4.98 Å². The van der Waals surface area contributed by atoms with Gasteiger partial charge in [-0.2, -0.15) is 0 Å². The lowest BCUT2D eigenvalue weighted by atomic mass is 9.91. The molecule has 1 fully saturated rings. The van der Waals surface area contributed by atoms with Gasteiger partial charge in [-0.15, -0.1) is 0 Å². The van der Waals surface area contributed by atoms with E-state index >= 15 is 0 Å². The fraction of sp³-hybridized carbons (Fsp3) is 0.231. The molecule has 4 nitrogen and oxygen atoms in total. The van der Waals surface area contributed by atoms with Crippen molar-refractivity contribution in [3.05, 3.63) is 154 Å². The Morgan fingerprint density at radius 3 is 2.36 bits per heavy atom. The van der Waals surface area contributed by atoms with Gasteiger partial charge in [-0.05, 0) is 109 Å². The first-order valence-corrected chi connectivity index (χ1v) is 15.5. The van der Waals surface area contributed by atoms with Crippen LogP contribution in [0.5, 0.6) is 0 Å². The summed E-state index contributed by atoms with van der Waals surface area (Å²) in [6, 6.07) is 27.2. The van der Waals surface area contributed by atoms with Gasteiger partial charge in [-0.1, -0.05) is 60.7 Å². The number of amides is 1. The van der Waals surface area contributed by atoms with Crippen LogP contribution in [-0.2, 0) is 6.54 Å². The molecule has 2 heterocycles. The molecule has 1 aromatic heterocycles. The Morgan fingerprint density at radius 1 is 0.911 bits per heavy atom. The molecule has 0 aliphatic carbocycles. The molecule has 4 aromatic carbocycles. The number of hydrogen-bond donors (Lipinski definition) is 0. The average molecular weight is 602 g/mol. The molecule has 0 radical (unpaired) electrons. The number of carbonyl (C=O) groups excluding carboxylic acids is 1. The lowest BCUT2D eigenvalue weighted by Crippen LogP contribution is -2.38. The average Bonchev–Trinajstić information content (AvgIpc) is 3.39. The molecule has 6 rings (SSSR count). The third-order valence-electron chi connectivity index (χ3n) is 8.61. The summed E-state index contributed by atoms with van der Waals surface area (Å²) in [4.78, 5) is 20.6. The minimum absolute atomic E-state index is 0.00887. The number of likely N-dealkylation sites (tertiary alicyclic amines) is 1. The van der Waals surface area contributed by atoms with Gasteiger partial charge in [-0.3, -0.25) is 4.79 Å². The zero-order valence-electron chi connectivity index (χ0n) is 25.8. The van der Waals surface area contributed by atoms with E-state index in [0.29, 0.717) is 31.6 Å². The van der Waals surface area contributed by atoms with E-state index in [9.17, 15) is 13.6 Å². The van der Waals surface area contributed by atoms with Gasteiger partial charge in [0.15, 0.2) is 0 Å². The molecule has 0 atom stereocenters. The number of rotatable bonds is 8. The highest BCUT2D eigenvalue weighted by Crippen LogP contribution is 2.33. The smallest absolute Gasteiger partial charge is 0.253 e. The molecule has 1 aliphatic heterocycles. The Morgan fingerprint density at radius 2 is 1.64 bits per heavy atom. The molecule has 0 unspecified atom stereocenters. The molecule has 0 saturated carbocycles. The van der Waals surface area contributed by atoms with Crippen molar-refractivity contribution >= 4 is 22.5 Å². The van der Waals surface area contributed by atoms with Gasteiger partial charge in [0.1, 0.15) is 17.5 Å². The molecule has 228 valence electrons. The van der Waals surface area contributed by atoms with Crippen molar-refractivity contribution in [3.8, 4) is 0 Å². The molecule has 5 aromatic rings. The van der Waals surface area contributed by atoms with Crippen LogP contribution in [0.25, 0.3) is 16.6 Å². The zero-order chi connectivity index (χ0) is 31.5. The normalized spacial score (nSPS) is 14.2. The fourth-order valence-electron chi connectivity index (χ4n) is 6.33. The van der Waals surface area contributed by atoms with E-state index in [1.165, 1.54) is 12.1 Å². The number of aryl methyl sites for hydroxylation is 1. The maximum Gasteiger partial charge on any atom is 0.253 e. The summed E-state index contributed by atoms with van der Waals surface area (Å²) < 4.78 is 30.3. The number of hydrogen-bond acceptors (Lipinski definition) is 2. The van der Waals surface area contributed by atoms with Crippen LogP contribution < -0.4 is 0 Å². The van der Waals surface area contributed by atoms with E-state index in [1.807, 2.05) is 67.3 Å². The summed E-state index contributed by atoms with van der Waals surface area (Å²) in [7, 11) is 0. The number of para-hydroxylation sites is 2. The zero-order valence-corrected chi connectivity index (χ0v) is 25.8. The van der Waals surface area contributed by atoms with Crippen LogP contribution in [0, 0.1) is 18.6 Å². The van der Waals surface area contributed by atoms with Gasteiger partial charge in [0.25, 0.3) is 5.91 Å². The highest BCUT2D eigenvalue weighted by atomic mass is 19.1. The molecule has 0 N–H and O–H groups in total. The third kappa shape index (κ3) is 6.65. The standard InChI is InChI=1S/C39H37F2N3O/c1-26(2)14-16-35(30-9-7-11-33(41)24-30)34-17-15-31(22-27(34)3)39(45)43-20-18-29(19-21-43)38-42-36-12-4-5-13-37(36)44(38)25-28-8-6-10-32(40)23-28/h4-13,15-17,22-24,29H,1,14,18-21,25H2,2-3H3/b35-16-. The van der Waals surface area contributed by atoms with Crippen molar-refractivity contribution in [1.82, 2.24) is 14.5 Å². The molecular weight excluding hydrogens is 564 g/mol. The predicted molar refractivity (Wildman–Crippen MR) is 177 cm³/mol. The van der Waals surface area contributed by atoms with Crippen molar-refractivity contribution in [1.29, 1.82) is 0 Å².